The van der Waals surface area contributed by atoms with E-state index in [9.17, 15) is 9.59 Å². The number of anilines is 1. The maximum Gasteiger partial charge on any atom is 0.227 e. The highest BCUT2D eigenvalue weighted by molar-refractivity contribution is 6.30. The third kappa shape index (κ3) is 2.39. The Morgan fingerprint density at radius 3 is 2.68 bits per heavy atom. The van der Waals surface area contributed by atoms with Crippen molar-refractivity contribution in [2.45, 2.75) is 32.6 Å². The molecular formula is C15H18ClNO2. The van der Waals surface area contributed by atoms with E-state index in [4.69, 9.17) is 11.6 Å². The predicted molar refractivity (Wildman–Crippen MR) is 77.2 cm³/mol. The molecule has 0 unspecified atom stereocenters. The lowest BCUT2D eigenvalue weighted by atomic mass is 9.76. The molecule has 1 aromatic rings. The Kier molecular flexibility index (Phi) is 3.68. The van der Waals surface area contributed by atoms with Gasteiger partial charge in [0, 0.05) is 29.6 Å². The molecule has 1 aromatic carbocycles. The molecule has 0 aliphatic carbocycles. The van der Waals surface area contributed by atoms with Crippen LogP contribution in [0.4, 0.5) is 5.69 Å². The average Bonchev–Trinajstić information content (AvgIpc) is 2.37. The van der Waals surface area contributed by atoms with Gasteiger partial charge in [0.1, 0.15) is 0 Å². The van der Waals surface area contributed by atoms with Crippen molar-refractivity contribution in [2.24, 2.45) is 0 Å². The van der Waals surface area contributed by atoms with E-state index in [-0.39, 0.29) is 23.0 Å². The normalized spacial score (nSPS) is 17.3. The Morgan fingerprint density at radius 2 is 2.11 bits per heavy atom. The standard InChI is InChI=1S/C15H18ClNO2/c1-4-17-12-6-5-10(13(18)9-16)7-11(12)15(2,3)8-14(17)19/h5-7H,4,8-9H2,1-3H3. The van der Waals surface area contributed by atoms with Gasteiger partial charge in [0.25, 0.3) is 0 Å². The monoisotopic (exact) mass is 279 g/mol. The lowest BCUT2D eigenvalue weighted by molar-refractivity contribution is -0.120. The predicted octanol–water partition coefficient (Wildman–Crippen LogP) is 3.14. The van der Waals surface area contributed by atoms with Crippen LogP contribution in [0.1, 0.15) is 43.1 Å². The van der Waals surface area contributed by atoms with Crippen LogP contribution in [0.15, 0.2) is 18.2 Å². The summed E-state index contributed by atoms with van der Waals surface area (Å²) in [6.45, 7) is 6.67. The van der Waals surface area contributed by atoms with Crippen molar-refractivity contribution in [3.05, 3.63) is 29.3 Å². The number of halogens is 1. The summed E-state index contributed by atoms with van der Waals surface area (Å²) in [7, 11) is 0. The largest absolute Gasteiger partial charge is 0.312 e. The summed E-state index contributed by atoms with van der Waals surface area (Å²) in [5.41, 5.74) is 2.33. The quantitative estimate of drug-likeness (QED) is 0.630. The summed E-state index contributed by atoms with van der Waals surface area (Å²) in [5.74, 6) is 0.0342. The lowest BCUT2D eigenvalue weighted by Crippen LogP contribution is -2.41. The van der Waals surface area contributed by atoms with E-state index in [0.29, 0.717) is 18.5 Å². The number of amides is 1. The van der Waals surface area contributed by atoms with Gasteiger partial charge < -0.3 is 4.90 Å². The van der Waals surface area contributed by atoms with Gasteiger partial charge in [-0.1, -0.05) is 13.8 Å². The number of nitrogens with zero attached hydrogens (tertiary/aromatic N) is 1. The first-order chi connectivity index (χ1) is 8.90. The fourth-order valence-electron chi connectivity index (χ4n) is 2.61. The lowest BCUT2D eigenvalue weighted by Gasteiger charge is -2.38. The summed E-state index contributed by atoms with van der Waals surface area (Å²) in [6.07, 6.45) is 0.465. The third-order valence-electron chi connectivity index (χ3n) is 3.67. The second-order valence-corrected chi connectivity index (χ2v) is 5.75. The van der Waals surface area contributed by atoms with Gasteiger partial charge in [-0.25, -0.2) is 0 Å². The molecule has 4 heteroatoms. The second kappa shape index (κ2) is 4.97. The molecule has 0 fully saturated rings. The number of benzene rings is 1. The maximum atomic E-state index is 12.1. The van der Waals surface area contributed by atoms with E-state index in [1.807, 2.05) is 32.9 Å². The average molecular weight is 280 g/mol. The van der Waals surface area contributed by atoms with E-state index in [2.05, 4.69) is 0 Å². The maximum absolute atomic E-state index is 12.1. The molecular weight excluding hydrogens is 262 g/mol. The van der Waals surface area contributed by atoms with Crippen LogP contribution < -0.4 is 4.90 Å². The molecule has 19 heavy (non-hydrogen) atoms. The Bertz CT molecular complexity index is 537. The minimum Gasteiger partial charge on any atom is -0.312 e. The fraction of sp³-hybridized carbons (Fsp3) is 0.467. The van der Waals surface area contributed by atoms with E-state index in [1.165, 1.54) is 0 Å². The van der Waals surface area contributed by atoms with Gasteiger partial charge in [0.2, 0.25) is 5.91 Å². The summed E-state index contributed by atoms with van der Waals surface area (Å²) < 4.78 is 0. The zero-order chi connectivity index (χ0) is 14.2. The highest BCUT2D eigenvalue weighted by Gasteiger charge is 2.36. The smallest absolute Gasteiger partial charge is 0.227 e. The second-order valence-electron chi connectivity index (χ2n) is 5.49. The van der Waals surface area contributed by atoms with Crippen LogP contribution in [0.25, 0.3) is 0 Å². The van der Waals surface area contributed by atoms with Gasteiger partial charge in [0.15, 0.2) is 5.78 Å². The number of rotatable bonds is 3. The van der Waals surface area contributed by atoms with Gasteiger partial charge >= 0.3 is 0 Å². The number of alkyl halides is 1. The third-order valence-corrected chi connectivity index (χ3v) is 3.91. The molecule has 1 heterocycles. The molecule has 0 N–H and O–H groups in total. The van der Waals surface area contributed by atoms with E-state index in [1.54, 1.807) is 11.0 Å². The summed E-state index contributed by atoms with van der Waals surface area (Å²) in [6, 6.07) is 5.49. The van der Waals surface area contributed by atoms with Gasteiger partial charge in [-0.2, -0.15) is 0 Å². The van der Waals surface area contributed by atoms with Crippen molar-refractivity contribution >= 4 is 29.0 Å². The number of carbonyl (C=O) groups is 2. The Labute approximate surface area is 118 Å². The molecule has 1 amide bonds. The number of carbonyl (C=O) groups excluding carboxylic acids is 2. The van der Waals surface area contributed by atoms with Gasteiger partial charge in [-0.15, -0.1) is 11.6 Å². The van der Waals surface area contributed by atoms with E-state index in [0.717, 1.165) is 11.3 Å². The minimum absolute atomic E-state index is 0.0182. The SMILES string of the molecule is CCN1C(=O)CC(C)(C)c2cc(C(=O)CCl)ccc21. The van der Waals surface area contributed by atoms with Crippen LogP contribution in [0.5, 0.6) is 0 Å². The van der Waals surface area contributed by atoms with Crippen molar-refractivity contribution in [2.75, 3.05) is 17.3 Å². The summed E-state index contributed by atoms with van der Waals surface area (Å²) in [4.78, 5) is 25.6. The Hall–Kier alpha value is -1.35. The zero-order valence-corrected chi connectivity index (χ0v) is 12.3. The van der Waals surface area contributed by atoms with Gasteiger partial charge in [-0.3, -0.25) is 9.59 Å². The zero-order valence-electron chi connectivity index (χ0n) is 11.5. The molecule has 1 aliphatic heterocycles. The van der Waals surface area contributed by atoms with Crippen LogP contribution in [0.2, 0.25) is 0 Å². The van der Waals surface area contributed by atoms with Crippen molar-refractivity contribution in [1.29, 1.82) is 0 Å². The number of hydrogen-bond donors (Lipinski definition) is 0. The van der Waals surface area contributed by atoms with Crippen LogP contribution in [0, 0.1) is 0 Å². The number of Topliss-reactive ketones (excluding diaryl/α,β-unsaturated/α-hetero) is 1. The number of hydrogen-bond acceptors (Lipinski definition) is 2. The van der Waals surface area contributed by atoms with Gasteiger partial charge in [0.05, 0.1) is 5.88 Å². The van der Waals surface area contributed by atoms with Crippen LogP contribution >= 0.6 is 11.6 Å². The van der Waals surface area contributed by atoms with Crippen molar-refractivity contribution in [1.82, 2.24) is 0 Å². The molecule has 0 aromatic heterocycles. The molecule has 0 saturated carbocycles. The number of fused-ring (bicyclic) bond motifs is 1. The fourth-order valence-corrected chi connectivity index (χ4v) is 2.77. The molecule has 0 radical (unpaired) electrons. The molecule has 1 aliphatic rings. The summed E-state index contributed by atoms with van der Waals surface area (Å²) in [5, 5.41) is 0. The Balaban J connectivity index is 2.58. The molecule has 0 atom stereocenters. The molecule has 102 valence electrons. The van der Waals surface area contributed by atoms with Crippen LogP contribution in [-0.2, 0) is 10.2 Å². The van der Waals surface area contributed by atoms with Crippen LogP contribution in [0.3, 0.4) is 0 Å². The summed E-state index contributed by atoms with van der Waals surface area (Å²) >= 11 is 5.61. The van der Waals surface area contributed by atoms with Crippen LogP contribution in [-0.4, -0.2) is 24.1 Å². The first kappa shape index (κ1) is 14.1. The number of ketones is 1. The molecule has 2 rings (SSSR count). The van der Waals surface area contributed by atoms with Crippen molar-refractivity contribution in [3.8, 4) is 0 Å². The molecule has 0 bridgehead atoms. The first-order valence-corrected chi connectivity index (χ1v) is 6.98. The minimum atomic E-state index is -0.249. The highest BCUT2D eigenvalue weighted by atomic mass is 35.5. The first-order valence-electron chi connectivity index (χ1n) is 6.44. The highest BCUT2D eigenvalue weighted by Crippen LogP contribution is 2.40. The van der Waals surface area contributed by atoms with E-state index < -0.39 is 0 Å². The van der Waals surface area contributed by atoms with E-state index >= 15 is 0 Å². The van der Waals surface area contributed by atoms with Gasteiger partial charge in [-0.05, 0) is 30.7 Å². The Morgan fingerprint density at radius 1 is 1.42 bits per heavy atom. The van der Waals surface area contributed by atoms with Crippen molar-refractivity contribution < 1.29 is 9.59 Å². The van der Waals surface area contributed by atoms with Crippen molar-refractivity contribution in [3.63, 3.8) is 0 Å². The molecule has 0 spiro atoms. The molecule has 3 nitrogen and oxygen atoms in total. The molecule has 0 saturated heterocycles. The topological polar surface area (TPSA) is 37.4 Å².